The number of hydrogen-bond donors (Lipinski definition) is 4. The van der Waals surface area contributed by atoms with Gasteiger partial charge in [0, 0.05) is 34.4 Å². The third-order valence-electron chi connectivity index (χ3n) is 6.10. The van der Waals surface area contributed by atoms with Gasteiger partial charge in [0.2, 0.25) is 10.0 Å². The molecule has 37 heavy (non-hydrogen) atoms. The van der Waals surface area contributed by atoms with Crippen molar-refractivity contribution in [2.75, 3.05) is 16.3 Å². The molecule has 9 heteroatoms. The molecule has 0 saturated carbocycles. The molecular weight excluding hydrogens is 486 g/mol. The fourth-order valence-electron chi connectivity index (χ4n) is 4.41. The first-order valence-corrected chi connectivity index (χ1v) is 13.4. The number of carbonyl (C=O) groups is 1. The molecule has 0 aliphatic heterocycles. The fraction of sp³-hybridized carbons (Fsp3) is 0.0714. The molecule has 1 aromatic heterocycles. The molecule has 186 valence electrons. The molecule has 5 N–H and O–H groups in total. The number of benzene rings is 4. The molecule has 0 atom stereocenters. The third kappa shape index (κ3) is 5.17. The van der Waals surface area contributed by atoms with Crippen LogP contribution in [0.1, 0.15) is 21.6 Å². The molecule has 5 rings (SSSR count). The second kappa shape index (κ2) is 9.44. The van der Waals surface area contributed by atoms with Crippen LogP contribution in [0.4, 0.5) is 11.4 Å². The van der Waals surface area contributed by atoms with Crippen molar-refractivity contribution in [3.8, 4) is 0 Å². The lowest BCUT2D eigenvalue weighted by molar-refractivity contribution is 0.101. The minimum absolute atomic E-state index is 0.0476. The Kier molecular flexibility index (Phi) is 6.14. The predicted octanol–water partition coefficient (Wildman–Crippen LogP) is 4.75. The topological polar surface area (TPSA) is 130 Å². The van der Waals surface area contributed by atoms with Gasteiger partial charge in [-0.2, -0.15) is 0 Å². The molecule has 0 bridgehead atoms. The molecule has 1 heterocycles. The highest BCUT2D eigenvalue weighted by Gasteiger charge is 2.18. The van der Waals surface area contributed by atoms with Gasteiger partial charge in [-0.3, -0.25) is 14.9 Å². The van der Waals surface area contributed by atoms with Crippen LogP contribution in [0.2, 0.25) is 0 Å². The summed E-state index contributed by atoms with van der Waals surface area (Å²) in [5, 5.41) is 13.8. The quantitative estimate of drug-likeness (QED) is 0.186. The fourth-order valence-corrected chi connectivity index (χ4v) is 4.98. The summed E-state index contributed by atoms with van der Waals surface area (Å²) in [6.45, 7) is 0.437. The van der Waals surface area contributed by atoms with Crippen molar-refractivity contribution in [2.45, 2.75) is 6.54 Å². The van der Waals surface area contributed by atoms with E-state index in [4.69, 9.17) is 11.1 Å². The number of amides is 1. The number of anilines is 2. The van der Waals surface area contributed by atoms with Crippen LogP contribution in [-0.2, 0) is 16.6 Å². The number of sulfonamides is 1. The van der Waals surface area contributed by atoms with Gasteiger partial charge >= 0.3 is 0 Å². The van der Waals surface area contributed by atoms with Gasteiger partial charge in [-0.25, -0.2) is 8.42 Å². The van der Waals surface area contributed by atoms with Crippen LogP contribution in [0.25, 0.3) is 21.7 Å². The van der Waals surface area contributed by atoms with Gasteiger partial charge in [-0.05, 0) is 52.7 Å². The van der Waals surface area contributed by atoms with Crippen molar-refractivity contribution >= 4 is 54.8 Å². The number of aromatic nitrogens is 1. The molecule has 0 aliphatic carbocycles. The number of hydrogen-bond acceptors (Lipinski definition) is 4. The zero-order valence-electron chi connectivity index (χ0n) is 20.0. The van der Waals surface area contributed by atoms with Gasteiger partial charge in [0.1, 0.15) is 11.5 Å². The molecule has 1 amide bonds. The van der Waals surface area contributed by atoms with Crippen molar-refractivity contribution in [3.05, 3.63) is 108 Å². The number of nitrogens with zero attached hydrogens (tertiary/aromatic N) is 1. The van der Waals surface area contributed by atoms with Gasteiger partial charge in [-0.1, -0.05) is 54.6 Å². The van der Waals surface area contributed by atoms with Gasteiger partial charge in [0.05, 0.1) is 6.26 Å². The number of nitrogens with one attached hydrogen (secondary N) is 3. The maximum Gasteiger partial charge on any atom is 0.272 e. The Hall–Kier alpha value is -4.63. The largest absolute Gasteiger partial charge is 0.384 e. The second-order valence-electron chi connectivity index (χ2n) is 8.85. The van der Waals surface area contributed by atoms with Crippen LogP contribution in [-0.4, -0.2) is 31.0 Å². The van der Waals surface area contributed by atoms with Crippen molar-refractivity contribution in [2.24, 2.45) is 5.73 Å². The van der Waals surface area contributed by atoms with E-state index in [0.717, 1.165) is 33.5 Å². The molecule has 0 fully saturated rings. The lowest BCUT2D eigenvalue weighted by Gasteiger charge is -2.14. The van der Waals surface area contributed by atoms with Crippen LogP contribution in [0.15, 0.2) is 91.0 Å². The first-order chi connectivity index (χ1) is 17.7. The van der Waals surface area contributed by atoms with Crippen LogP contribution in [0.5, 0.6) is 0 Å². The first kappa shape index (κ1) is 24.1. The van der Waals surface area contributed by atoms with E-state index in [0.29, 0.717) is 29.2 Å². The maximum absolute atomic E-state index is 13.5. The molecule has 0 saturated heterocycles. The van der Waals surface area contributed by atoms with Crippen molar-refractivity contribution in [3.63, 3.8) is 0 Å². The van der Waals surface area contributed by atoms with E-state index < -0.39 is 10.0 Å². The highest BCUT2D eigenvalue weighted by atomic mass is 32.2. The SMILES string of the molecule is CS(=O)(=O)Nc1ccc(NC(=O)c2cc3ccc(C(=N)N)cc3n2Cc2cccc3ccccc23)cc1. The summed E-state index contributed by atoms with van der Waals surface area (Å²) < 4.78 is 27.3. The normalized spacial score (nSPS) is 11.5. The number of amidine groups is 1. The van der Waals surface area contributed by atoms with Crippen molar-refractivity contribution in [1.82, 2.24) is 4.57 Å². The Morgan fingerprint density at radius 2 is 1.59 bits per heavy atom. The predicted molar refractivity (Wildman–Crippen MR) is 149 cm³/mol. The number of nitrogen functional groups attached to an aromatic ring is 1. The molecule has 0 radical (unpaired) electrons. The lowest BCUT2D eigenvalue weighted by atomic mass is 10.0. The number of fused-ring (bicyclic) bond motifs is 2. The van der Waals surface area contributed by atoms with Crippen molar-refractivity contribution in [1.29, 1.82) is 5.41 Å². The summed E-state index contributed by atoms with van der Waals surface area (Å²) >= 11 is 0. The Bertz CT molecular complexity index is 1770. The molecular formula is C28H25N5O3S. The van der Waals surface area contributed by atoms with Crippen LogP contribution in [0.3, 0.4) is 0 Å². The summed E-state index contributed by atoms with van der Waals surface area (Å²) in [6, 6.07) is 27.9. The van der Waals surface area contributed by atoms with E-state index in [9.17, 15) is 13.2 Å². The number of nitrogens with two attached hydrogens (primary N) is 1. The lowest BCUT2D eigenvalue weighted by Crippen LogP contribution is -2.18. The van der Waals surface area contributed by atoms with Crippen LogP contribution >= 0.6 is 0 Å². The number of carbonyl (C=O) groups excluding carboxylic acids is 1. The summed E-state index contributed by atoms with van der Waals surface area (Å²) in [5.74, 6) is -0.363. The Morgan fingerprint density at radius 3 is 2.32 bits per heavy atom. The van der Waals surface area contributed by atoms with E-state index in [-0.39, 0.29) is 11.7 Å². The van der Waals surface area contributed by atoms with E-state index >= 15 is 0 Å². The van der Waals surface area contributed by atoms with E-state index in [1.165, 1.54) is 0 Å². The minimum atomic E-state index is -3.40. The van der Waals surface area contributed by atoms with Gasteiger partial charge in [-0.15, -0.1) is 0 Å². The van der Waals surface area contributed by atoms with Crippen LogP contribution < -0.4 is 15.8 Å². The zero-order chi connectivity index (χ0) is 26.2. The highest BCUT2D eigenvalue weighted by Crippen LogP contribution is 2.27. The summed E-state index contributed by atoms with van der Waals surface area (Å²) in [5.41, 5.74) is 9.54. The van der Waals surface area contributed by atoms with Gasteiger partial charge in [0.25, 0.3) is 5.91 Å². The Balaban J connectivity index is 1.55. The first-order valence-electron chi connectivity index (χ1n) is 11.5. The van der Waals surface area contributed by atoms with E-state index in [1.807, 2.05) is 47.0 Å². The molecule has 0 spiro atoms. The number of rotatable bonds is 7. The van der Waals surface area contributed by atoms with Gasteiger partial charge in [0.15, 0.2) is 0 Å². The molecule has 4 aromatic carbocycles. The van der Waals surface area contributed by atoms with Crippen LogP contribution in [0, 0.1) is 5.41 Å². The maximum atomic E-state index is 13.5. The molecule has 0 aliphatic rings. The second-order valence-corrected chi connectivity index (χ2v) is 10.6. The Morgan fingerprint density at radius 1 is 0.892 bits per heavy atom. The van der Waals surface area contributed by atoms with E-state index in [2.05, 4.69) is 28.2 Å². The zero-order valence-corrected chi connectivity index (χ0v) is 20.8. The third-order valence-corrected chi connectivity index (χ3v) is 6.71. The van der Waals surface area contributed by atoms with Crippen molar-refractivity contribution < 1.29 is 13.2 Å². The summed E-state index contributed by atoms with van der Waals surface area (Å²) in [6.07, 6.45) is 1.08. The highest BCUT2D eigenvalue weighted by molar-refractivity contribution is 7.92. The Labute approximate surface area is 214 Å². The molecule has 8 nitrogen and oxygen atoms in total. The average Bonchev–Trinajstić information content (AvgIpc) is 3.22. The van der Waals surface area contributed by atoms with Gasteiger partial charge < -0.3 is 15.6 Å². The molecule has 5 aromatic rings. The smallest absolute Gasteiger partial charge is 0.272 e. The summed E-state index contributed by atoms with van der Waals surface area (Å²) in [7, 11) is -3.40. The van der Waals surface area contributed by atoms with E-state index in [1.54, 1.807) is 30.3 Å². The molecule has 0 unspecified atom stereocenters. The summed E-state index contributed by atoms with van der Waals surface area (Å²) in [4.78, 5) is 13.5. The standard InChI is InChI=1S/C28H25N5O3S/c1-37(35,36)32-23-13-11-22(12-14-23)31-28(34)26-15-19-9-10-20(27(29)30)16-25(19)33(26)17-21-7-4-6-18-5-2-3-8-24(18)21/h2-16,32H,17H2,1H3,(H3,29,30)(H,31,34). The monoisotopic (exact) mass is 511 g/mol. The minimum Gasteiger partial charge on any atom is -0.384 e. The average molecular weight is 512 g/mol.